The second-order valence-electron chi connectivity index (χ2n) is 7.49. The van der Waals surface area contributed by atoms with Crippen molar-refractivity contribution in [3.63, 3.8) is 0 Å². The van der Waals surface area contributed by atoms with E-state index in [1.165, 1.54) is 23.7 Å². The number of esters is 1. The van der Waals surface area contributed by atoms with Crippen LogP contribution in [-0.2, 0) is 23.6 Å². The van der Waals surface area contributed by atoms with Gasteiger partial charge in [0.15, 0.2) is 0 Å². The van der Waals surface area contributed by atoms with Crippen molar-refractivity contribution in [1.29, 1.82) is 0 Å². The molecule has 1 aliphatic rings. The van der Waals surface area contributed by atoms with E-state index in [9.17, 15) is 19.5 Å². The Bertz CT molecular complexity index is 1340. The normalized spacial score (nSPS) is 15.2. The Morgan fingerprint density at radius 1 is 1.03 bits per heavy atom. The molecule has 0 spiro atoms. The molecule has 8 nitrogen and oxygen atoms in total. The highest BCUT2D eigenvalue weighted by Crippen LogP contribution is 2.43. The Morgan fingerprint density at radius 3 is 2.31 bits per heavy atom. The highest BCUT2D eigenvalue weighted by Gasteiger charge is 2.38. The zero-order chi connectivity index (χ0) is 23.0. The number of carbonyl (C=O) groups excluding carboxylic acids is 1. The van der Waals surface area contributed by atoms with Gasteiger partial charge in [0.05, 0.1) is 29.4 Å². The van der Waals surface area contributed by atoms with Gasteiger partial charge in [0, 0.05) is 14.1 Å². The maximum Gasteiger partial charge on any atom is 0.337 e. The number of hydrogen-bond donors (Lipinski definition) is 2. The lowest BCUT2D eigenvalue weighted by molar-refractivity contribution is -0.138. The van der Waals surface area contributed by atoms with Crippen LogP contribution in [0.3, 0.4) is 0 Å². The van der Waals surface area contributed by atoms with Crippen LogP contribution in [0, 0.1) is 0 Å². The van der Waals surface area contributed by atoms with Gasteiger partial charge < -0.3 is 15.2 Å². The standard InChI is InChI=1S/C24H23N3O5/c1-4-32-23(30)18-17(14-10-12-16(28)13-11-14)19-21(26(2)24(31)27(3)22(19)29)25-20(18)15-8-6-5-7-9-15/h5-13,17,25,28H,4H2,1-3H3/t17-/m0/s1. The summed E-state index contributed by atoms with van der Waals surface area (Å²) in [5, 5.41) is 13.0. The second-order valence-corrected chi connectivity index (χ2v) is 7.49. The molecule has 0 saturated carbocycles. The van der Waals surface area contributed by atoms with Crippen molar-refractivity contribution in [2.45, 2.75) is 12.8 Å². The van der Waals surface area contributed by atoms with Crippen LogP contribution in [0.5, 0.6) is 5.75 Å². The van der Waals surface area contributed by atoms with Gasteiger partial charge in [-0.2, -0.15) is 0 Å². The molecule has 164 valence electrons. The molecular weight excluding hydrogens is 410 g/mol. The van der Waals surface area contributed by atoms with Crippen molar-refractivity contribution >= 4 is 17.5 Å². The van der Waals surface area contributed by atoms with E-state index in [1.807, 2.05) is 30.3 Å². The Balaban J connectivity index is 2.13. The first-order valence-electron chi connectivity index (χ1n) is 10.2. The molecule has 1 aromatic heterocycles. The SMILES string of the molecule is CCOC(=O)C1=C(c2ccccc2)Nc2c(c(=O)n(C)c(=O)n2C)[C@H]1c1ccc(O)cc1. The molecule has 0 radical (unpaired) electrons. The van der Waals surface area contributed by atoms with Gasteiger partial charge in [0.1, 0.15) is 11.6 Å². The first kappa shape index (κ1) is 21.2. The number of phenolic OH excluding ortho intramolecular Hbond substituents is 1. The fourth-order valence-electron chi connectivity index (χ4n) is 4.02. The molecule has 0 unspecified atom stereocenters. The maximum absolute atomic E-state index is 13.3. The molecule has 4 rings (SSSR count). The van der Waals surface area contributed by atoms with Gasteiger partial charge in [-0.05, 0) is 30.2 Å². The van der Waals surface area contributed by atoms with Gasteiger partial charge in [-0.15, -0.1) is 0 Å². The predicted octanol–water partition coefficient (Wildman–Crippen LogP) is 2.32. The molecule has 2 heterocycles. The molecule has 0 aliphatic carbocycles. The predicted molar refractivity (Wildman–Crippen MR) is 120 cm³/mol. The van der Waals surface area contributed by atoms with E-state index in [0.717, 1.165) is 4.57 Å². The summed E-state index contributed by atoms with van der Waals surface area (Å²) in [4.78, 5) is 39.2. The molecule has 0 fully saturated rings. The molecule has 8 heteroatoms. The number of aromatic nitrogens is 2. The van der Waals surface area contributed by atoms with Gasteiger partial charge in [0.25, 0.3) is 5.56 Å². The van der Waals surface area contributed by atoms with Crippen molar-refractivity contribution in [1.82, 2.24) is 9.13 Å². The number of nitrogens with zero attached hydrogens (tertiary/aromatic N) is 2. The van der Waals surface area contributed by atoms with E-state index in [2.05, 4.69) is 5.32 Å². The third-order valence-corrected chi connectivity index (χ3v) is 5.57. The third kappa shape index (κ3) is 3.39. The quantitative estimate of drug-likeness (QED) is 0.613. The number of nitrogens with one attached hydrogen (secondary N) is 1. The largest absolute Gasteiger partial charge is 0.508 e. The minimum absolute atomic E-state index is 0.0567. The highest BCUT2D eigenvalue weighted by molar-refractivity contribution is 6.04. The minimum atomic E-state index is -0.813. The first-order chi connectivity index (χ1) is 15.3. The van der Waals surface area contributed by atoms with Crippen LogP contribution >= 0.6 is 0 Å². The van der Waals surface area contributed by atoms with E-state index < -0.39 is 23.1 Å². The summed E-state index contributed by atoms with van der Waals surface area (Å²) in [7, 11) is 2.97. The van der Waals surface area contributed by atoms with Gasteiger partial charge in [-0.1, -0.05) is 42.5 Å². The Kier molecular flexibility index (Phi) is 5.44. The Morgan fingerprint density at radius 2 is 1.69 bits per heavy atom. The summed E-state index contributed by atoms with van der Waals surface area (Å²) in [5.41, 5.74) is 1.28. The van der Waals surface area contributed by atoms with Crippen LogP contribution in [0.25, 0.3) is 5.70 Å². The summed E-state index contributed by atoms with van der Waals surface area (Å²) in [5.74, 6) is -1.02. The van der Waals surface area contributed by atoms with Crippen LogP contribution in [0.4, 0.5) is 5.82 Å². The zero-order valence-electron chi connectivity index (χ0n) is 18.0. The van der Waals surface area contributed by atoms with Gasteiger partial charge >= 0.3 is 11.7 Å². The summed E-state index contributed by atoms with van der Waals surface area (Å²) in [6.45, 7) is 1.87. The van der Waals surface area contributed by atoms with Gasteiger partial charge in [-0.25, -0.2) is 9.59 Å². The molecule has 3 aromatic rings. The molecular formula is C24H23N3O5. The molecule has 2 N–H and O–H groups in total. The summed E-state index contributed by atoms with van der Waals surface area (Å²) < 4.78 is 7.76. The lowest BCUT2D eigenvalue weighted by atomic mass is 9.81. The minimum Gasteiger partial charge on any atom is -0.508 e. The lowest BCUT2D eigenvalue weighted by Gasteiger charge is -2.32. The van der Waals surface area contributed by atoms with E-state index in [4.69, 9.17) is 4.74 Å². The summed E-state index contributed by atoms with van der Waals surface area (Å²) >= 11 is 0. The van der Waals surface area contributed by atoms with Crippen LogP contribution < -0.4 is 16.6 Å². The number of carbonyl (C=O) groups is 1. The molecule has 32 heavy (non-hydrogen) atoms. The number of hydrogen-bond acceptors (Lipinski definition) is 6. The Labute approximate surface area is 184 Å². The number of rotatable bonds is 4. The number of anilines is 1. The molecule has 0 amide bonds. The summed E-state index contributed by atoms with van der Waals surface area (Å²) in [6.07, 6.45) is 0. The van der Waals surface area contributed by atoms with E-state index in [-0.39, 0.29) is 23.5 Å². The summed E-state index contributed by atoms with van der Waals surface area (Å²) in [6, 6.07) is 15.5. The molecule has 2 aromatic carbocycles. The van der Waals surface area contributed by atoms with Gasteiger partial charge in [-0.3, -0.25) is 13.9 Å². The smallest absolute Gasteiger partial charge is 0.337 e. The monoisotopic (exact) mass is 433 g/mol. The van der Waals surface area contributed by atoms with Gasteiger partial charge in [0.2, 0.25) is 0 Å². The Hall–Kier alpha value is -4.07. The average Bonchev–Trinajstić information content (AvgIpc) is 2.81. The van der Waals surface area contributed by atoms with Crippen LogP contribution in [-0.4, -0.2) is 26.8 Å². The number of benzene rings is 2. The molecule has 0 bridgehead atoms. The van der Waals surface area contributed by atoms with Crippen LogP contribution in [0.1, 0.15) is 29.5 Å². The number of aromatic hydroxyl groups is 1. The number of fused-ring (bicyclic) bond motifs is 1. The van der Waals surface area contributed by atoms with Crippen LogP contribution in [0.15, 0.2) is 69.8 Å². The number of phenols is 1. The molecule has 1 aliphatic heterocycles. The molecule has 0 saturated heterocycles. The van der Waals surface area contributed by atoms with Crippen molar-refractivity contribution in [3.8, 4) is 5.75 Å². The van der Waals surface area contributed by atoms with E-state index >= 15 is 0 Å². The molecule has 1 atom stereocenters. The highest BCUT2D eigenvalue weighted by atomic mass is 16.5. The van der Waals surface area contributed by atoms with E-state index in [0.29, 0.717) is 22.6 Å². The van der Waals surface area contributed by atoms with Crippen molar-refractivity contribution in [2.24, 2.45) is 14.1 Å². The van der Waals surface area contributed by atoms with E-state index in [1.54, 1.807) is 26.1 Å². The van der Waals surface area contributed by atoms with Crippen molar-refractivity contribution in [2.75, 3.05) is 11.9 Å². The lowest BCUT2D eigenvalue weighted by Crippen LogP contribution is -2.43. The first-order valence-corrected chi connectivity index (χ1v) is 10.2. The average molecular weight is 433 g/mol. The topological polar surface area (TPSA) is 103 Å². The maximum atomic E-state index is 13.3. The fraction of sp³-hybridized carbons (Fsp3) is 0.208. The number of ether oxygens (including phenoxy) is 1. The fourth-order valence-corrected chi connectivity index (χ4v) is 4.02. The van der Waals surface area contributed by atoms with Crippen LogP contribution in [0.2, 0.25) is 0 Å². The zero-order valence-corrected chi connectivity index (χ0v) is 18.0. The third-order valence-electron chi connectivity index (χ3n) is 5.57. The second kappa shape index (κ2) is 8.22. The van der Waals surface area contributed by atoms with Crippen molar-refractivity contribution in [3.05, 3.63) is 97.7 Å². The van der Waals surface area contributed by atoms with Crippen molar-refractivity contribution < 1.29 is 14.6 Å².